The van der Waals surface area contributed by atoms with Gasteiger partial charge in [-0.1, -0.05) is 29.8 Å². The van der Waals surface area contributed by atoms with Crippen LogP contribution in [0.5, 0.6) is 0 Å². The summed E-state index contributed by atoms with van der Waals surface area (Å²) in [5.41, 5.74) is 2.03. The van der Waals surface area contributed by atoms with Crippen LogP contribution in [0.2, 0.25) is 5.02 Å². The molecule has 4 heteroatoms. The van der Waals surface area contributed by atoms with E-state index < -0.39 is 11.7 Å². The summed E-state index contributed by atoms with van der Waals surface area (Å²) in [6.45, 7) is 13.6. The molecule has 110 valence electrons. The number of aryl methyl sites for hydroxylation is 1. The van der Waals surface area contributed by atoms with E-state index in [9.17, 15) is 4.79 Å². The standard InChI is InChI=1S/C16H22ClNO2/c1-11(2)10-18(15(19)20-16(4,5)6)14-9-13(17)8-7-12(14)3/h7-9H,1,10H2,2-6H3. The zero-order chi connectivity index (χ0) is 15.5. The number of rotatable bonds is 3. The first-order chi connectivity index (χ1) is 9.10. The van der Waals surface area contributed by atoms with Crippen LogP contribution in [0, 0.1) is 6.92 Å². The van der Waals surface area contributed by atoms with Gasteiger partial charge in [-0.15, -0.1) is 0 Å². The van der Waals surface area contributed by atoms with Crippen molar-refractivity contribution in [3.63, 3.8) is 0 Å². The second kappa shape index (κ2) is 6.31. The molecule has 0 aliphatic carbocycles. The highest BCUT2D eigenvalue weighted by Gasteiger charge is 2.24. The number of nitrogens with zero attached hydrogens (tertiary/aromatic N) is 1. The number of hydrogen-bond donors (Lipinski definition) is 0. The second-order valence-corrected chi connectivity index (χ2v) is 6.39. The molecule has 1 aromatic rings. The van der Waals surface area contributed by atoms with Crippen molar-refractivity contribution in [2.75, 3.05) is 11.4 Å². The average Bonchev–Trinajstić information content (AvgIpc) is 2.27. The zero-order valence-corrected chi connectivity index (χ0v) is 13.5. The lowest BCUT2D eigenvalue weighted by molar-refractivity contribution is 0.0583. The number of hydrogen-bond acceptors (Lipinski definition) is 2. The Morgan fingerprint density at radius 2 is 2.00 bits per heavy atom. The Balaban J connectivity index is 3.15. The van der Waals surface area contributed by atoms with Crippen LogP contribution in [-0.2, 0) is 4.74 Å². The van der Waals surface area contributed by atoms with Crippen LogP contribution >= 0.6 is 11.6 Å². The molecular weight excluding hydrogens is 274 g/mol. The van der Waals surface area contributed by atoms with Crippen molar-refractivity contribution in [3.05, 3.63) is 40.9 Å². The van der Waals surface area contributed by atoms with Gasteiger partial charge in [0, 0.05) is 11.6 Å². The monoisotopic (exact) mass is 295 g/mol. The van der Waals surface area contributed by atoms with Crippen LogP contribution in [0.3, 0.4) is 0 Å². The fourth-order valence-electron chi connectivity index (χ4n) is 1.71. The van der Waals surface area contributed by atoms with Crippen LogP contribution in [0.4, 0.5) is 10.5 Å². The van der Waals surface area contributed by atoms with E-state index in [0.717, 1.165) is 16.8 Å². The van der Waals surface area contributed by atoms with Gasteiger partial charge in [-0.3, -0.25) is 4.90 Å². The quantitative estimate of drug-likeness (QED) is 0.737. The minimum atomic E-state index is -0.545. The number of halogens is 1. The normalized spacial score (nSPS) is 11.1. The maximum Gasteiger partial charge on any atom is 0.415 e. The molecule has 0 N–H and O–H groups in total. The Morgan fingerprint density at radius 3 is 2.50 bits per heavy atom. The summed E-state index contributed by atoms with van der Waals surface area (Å²) in [6.07, 6.45) is -0.397. The van der Waals surface area contributed by atoms with Crippen molar-refractivity contribution in [2.45, 2.75) is 40.2 Å². The lowest BCUT2D eigenvalue weighted by atomic mass is 10.1. The second-order valence-electron chi connectivity index (χ2n) is 5.95. The topological polar surface area (TPSA) is 29.5 Å². The van der Waals surface area contributed by atoms with Crippen LogP contribution in [0.15, 0.2) is 30.4 Å². The molecule has 3 nitrogen and oxygen atoms in total. The molecule has 0 heterocycles. The van der Waals surface area contributed by atoms with Crippen molar-refractivity contribution >= 4 is 23.4 Å². The number of benzene rings is 1. The molecule has 1 aromatic carbocycles. The maximum atomic E-state index is 12.4. The molecule has 0 aromatic heterocycles. The molecule has 0 aliphatic rings. The van der Waals surface area contributed by atoms with Crippen molar-refractivity contribution in [1.29, 1.82) is 0 Å². The van der Waals surface area contributed by atoms with Gasteiger partial charge < -0.3 is 4.74 Å². The van der Waals surface area contributed by atoms with E-state index in [0.29, 0.717) is 11.6 Å². The summed E-state index contributed by atoms with van der Waals surface area (Å²) in [6, 6.07) is 5.45. The van der Waals surface area contributed by atoms with Gasteiger partial charge in [-0.05, 0) is 52.3 Å². The largest absolute Gasteiger partial charge is 0.443 e. The summed E-state index contributed by atoms with van der Waals surface area (Å²) < 4.78 is 5.45. The molecule has 0 saturated heterocycles. The van der Waals surface area contributed by atoms with Gasteiger partial charge in [-0.2, -0.15) is 0 Å². The van der Waals surface area contributed by atoms with Gasteiger partial charge in [0.05, 0.1) is 5.69 Å². The van der Waals surface area contributed by atoms with Crippen molar-refractivity contribution in [3.8, 4) is 0 Å². The minimum Gasteiger partial charge on any atom is -0.443 e. The van der Waals surface area contributed by atoms with Gasteiger partial charge >= 0.3 is 6.09 Å². The molecule has 1 amide bonds. The lowest BCUT2D eigenvalue weighted by Gasteiger charge is -2.28. The Labute approximate surface area is 126 Å². The van der Waals surface area contributed by atoms with Gasteiger partial charge in [-0.25, -0.2) is 4.79 Å². The third-order valence-electron chi connectivity index (χ3n) is 2.50. The highest BCUT2D eigenvalue weighted by molar-refractivity contribution is 6.31. The number of amides is 1. The maximum absolute atomic E-state index is 12.4. The molecule has 0 fully saturated rings. The van der Waals surface area contributed by atoms with Crippen LogP contribution in [0.25, 0.3) is 0 Å². The van der Waals surface area contributed by atoms with Crippen molar-refractivity contribution in [1.82, 2.24) is 0 Å². The Kier molecular flexibility index (Phi) is 5.23. The average molecular weight is 296 g/mol. The number of carbonyl (C=O) groups is 1. The number of carbonyl (C=O) groups excluding carboxylic acids is 1. The third-order valence-corrected chi connectivity index (χ3v) is 2.74. The Hall–Kier alpha value is -1.48. The van der Waals surface area contributed by atoms with Crippen molar-refractivity contribution < 1.29 is 9.53 Å². The zero-order valence-electron chi connectivity index (χ0n) is 12.8. The first-order valence-corrected chi connectivity index (χ1v) is 6.89. The molecule has 0 aliphatic heterocycles. The highest BCUT2D eigenvalue weighted by Crippen LogP contribution is 2.26. The van der Waals surface area contributed by atoms with Crippen LogP contribution in [0.1, 0.15) is 33.3 Å². The van der Waals surface area contributed by atoms with Crippen LogP contribution in [-0.4, -0.2) is 18.2 Å². The Bertz CT molecular complexity index is 518. The van der Waals surface area contributed by atoms with Gasteiger partial charge in [0.15, 0.2) is 0 Å². The molecule has 0 unspecified atom stereocenters. The molecular formula is C16H22ClNO2. The third kappa shape index (κ3) is 4.89. The molecule has 0 radical (unpaired) electrons. The van der Waals surface area contributed by atoms with Crippen molar-refractivity contribution in [2.24, 2.45) is 0 Å². The van der Waals surface area contributed by atoms with Gasteiger partial charge in [0.1, 0.15) is 5.60 Å². The van der Waals surface area contributed by atoms with E-state index in [1.54, 1.807) is 17.0 Å². The summed E-state index contributed by atoms with van der Waals surface area (Å²) >= 11 is 6.03. The van der Waals surface area contributed by atoms with E-state index in [1.807, 2.05) is 40.7 Å². The number of ether oxygens (including phenoxy) is 1. The predicted octanol–water partition coefficient (Wildman–Crippen LogP) is 4.97. The van der Waals surface area contributed by atoms with E-state index in [2.05, 4.69) is 6.58 Å². The molecule has 0 bridgehead atoms. The molecule has 20 heavy (non-hydrogen) atoms. The smallest absolute Gasteiger partial charge is 0.415 e. The lowest BCUT2D eigenvalue weighted by Crippen LogP contribution is -2.38. The minimum absolute atomic E-state index is 0.397. The van der Waals surface area contributed by atoms with E-state index in [4.69, 9.17) is 16.3 Å². The van der Waals surface area contributed by atoms with E-state index in [-0.39, 0.29) is 0 Å². The molecule has 0 saturated carbocycles. The fourth-order valence-corrected chi connectivity index (χ4v) is 1.87. The SMILES string of the molecule is C=C(C)CN(C(=O)OC(C)(C)C)c1cc(Cl)ccc1C. The number of anilines is 1. The first-order valence-electron chi connectivity index (χ1n) is 6.51. The Morgan fingerprint density at radius 1 is 1.40 bits per heavy atom. The summed E-state index contributed by atoms with van der Waals surface area (Å²) in [4.78, 5) is 13.9. The predicted molar refractivity (Wildman–Crippen MR) is 84.6 cm³/mol. The van der Waals surface area contributed by atoms with Crippen LogP contribution < -0.4 is 4.90 Å². The van der Waals surface area contributed by atoms with Gasteiger partial charge in [0.2, 0.25) is 0 Å². The summed E-state index contributed by atoms with van der Waals surface area (Å²) in [5, 5.41) is 0.584. The first kappa shape index (κ1) is 16.6. The molecule has 0 spiro atoms. The molecule has 0 atom stereocenters. The highest BCUT2D eigenvalue weighted by atomic mass is 35.5. The summed E-state index contributed by atoms with van der Waals surface area (Å²) in [5.74, 6) is 0. The van der Waals surface area contributed by atoms with E-state index in [1.165, 1.54) is 0 Å². The van der Waals surface area contributed by atoms with E-state index >= 15 is 0 Å². The summed E-state index contributed by atoms with van der Waals surface area (Å²) in [7, 11) is 0. The molecule has 1 rings (SSSR count). The van der Waals surface area contributed by atoms with Gasteiger partial charge in [0.25, 0.3) is 0 Å². The fraction of sp³-hybridized carbons (Fsp3) is 0.438.